The molecule has 0 aliphatic carbocycles. The van der Waals surface area contributed by atoms with Gasteiger partial charge in [-0.2, -0.15) is 0 Å². The Labute approximate surface area is 113 Å². The first-order valence-electron chi connectivity index (χ1n) is 5.45. The van der Waals surface area contributed by atoms with E-state index < -0.39 is 5.97 Å². The zero-order chi connectivity index (χ0) is 13.8. The summed E-state index contributed by atoms with van der Waals surface area (Å²) in [6.07, 6.45) is 0. The van der Waals surface area contributed by atoms with Crippen molar-refractivity contribution in [2.24, 2.45) is 0 Å². The van der Waals surface area contributed by atoms with Gasteiger partial charge < -0.3 is 10.1 Å². The molecule has 0 aliphatic heterocycles. The van der Waals surface area contributed by atoms with E-state index in [1.807, 2.05) is 0 Å². The van der Waals surface area contributed by atoms with Crippen molar-refractivity contribution in [3.8, 4) is 11.4 Å². The van der Waals surface area contributed by atoms with Gasteiger partial charge in [-0.15, -0.1) is 10.2 Å². The summed E-state index contributed by atoms with van der Waals surface area (Å²) in [5.74, 6) is -0.512. The highest BCUT2D eigenvalue weighted by Gasteiger charge is 2.09. The van der Waals surface area contributed by atoms with Gasteiger partial charge in [0.05, 0.1) is 5.75 Å². The van der Waals surface area contributed by atoms with Gasteiger partial charge in [-0.25, -0.2) is 0 Å². The Hall–Kier alpha value is -2.15. The maximum Gasteiger partial charge on any atom is 0.313 e. The number of benzene rings is 1. The molecule has 0 spiro atoms. The van der Waals surface area contributed by atoms with Crippen LogP contribution in [0.25, 0.3) is 11.4 Å². The Bertz CT molecular complexity index is 624. The molecule has 0 saturated carbocycles. The molecular formula is C12H11N3O3S. The third kappa shape index (κ3) is 3.41. The summed E-state index contributed by atoms with van der Waals surface area (Å²) in [7, 11) is 0. The standard InChI is InChI=1S/C12H11N3O3S/c1-7(16)8-3-2-4-9(5-8)11-13-12(15-14-11)19-6-10(17)18/h2-5H,6H2,1H3,(H,17,18)(H,13,14,15). The van der Waals surface area contributed by atoms with Crippen LogP contribution in [0.5, 0.6) is 0 Å². The van der Waals surface area contributed by atoms with E-state index in [1.54, 1.807) is 24.3 Å². The lowest BCUT2D eigenvalue weighted by Crippen LogP contribution is -1.97. The summed E-state index contributed by atoms with van der Waals surface area (Å²) >= 11 is 1.06. The lowest BCUT2D eigenvalue weighted by Gasteiger charge is -1.99. The van der Waals surface area contributed by atoms with Gasteiger partial charge >= 0.3 is 5.97 Å². The molecule has 6 nitrogen and oxygen atoms in total. The number of hydrogen-bond acceptors (Lipinski definition) is 5. The predicted molar refractivity (Wildman–Crippen MR) is 70.2 cm³/mol. The third-order valence-electron chi connectivity index (χ3n) is 2.34. The van der Waals surface area contributed by atoms with Crippen molar-refractivity contribution in [3.63, 3.8) is 0 Å². The van der Waals surface area contributed by atoms with Crippen molar-refractivity contribution >= 4 is 23.5 Å². The van der Waals surface area contributed by atoms with Crippen LogP contribution < -0.4 is 0 Å². The van der Waals surface area contributed by atoms with E-state index in [-0.39, 0.29) is 11.5 Å². The van der Waals surface area contributed by atoms with Crippen LogP contribution in [0.15, 0.2) is 29.4 Å². The minimum Gasteiger partial charge on any atom is -0.481 e. The second-order valence-corrected chi connectivity index (χ2v) is 4.76. The van der Waals surface area contributed by atoms with Gasteiger partial charge in [0.1, 0.15) is 0 Å². The van der Waals surface area contributed by atoms with Crippen LogP contribution in [0.4, 0.5) is 0 Å². The number of ketones is 1. The van der Waals surface area contributed by atoms with Gasteiger partial charge in [-0.1, -0.05) is 30.0 Å². The second-order valence-electron chi connectivity index (χ2n) is 3.80. The second kappa shape index (κ2) is 5.66. The van der Waals surface area contributed by atoms with Crippen molar-refractivity contribution in [2.45, 2.75) is 12.1 Å². The van der Waals surface area contributed by atoms with Gasteiger partial charge in [-0.3, -0.25) is 9.59 Å². The number of carboxylic acids is 1. The number of nitrogens with zero attached hydrogens (tertiary/aromatic N) is 2. The maximum absolute atomic E-state index is 11.3. The molecule has 0 amide bonds. The van der Waals surface area contributed by atoms with Gasteiger partial charge in [0.2, 0.25) is 0 Å². The van der Waals surface area contributed by atoms with Crippen LogP contribution in [0, 0.1) is 0 Å². The van der Waals surface area contributed by atoms with Crippen LogP contribution in [-0.2, 0) is 4.79 Å². The van der Waals surface area contributed by atoms with Gasteiger partial charge in [-0.05, 0) is 13.0 Å². The quantitative estimate of drug-likeness (QED) is 0.639. The number of carbonyl (C=O) groups excluding carboxylic acids is 1. The lowest BCUT2D eigenvalue weighted by atomic mass is 10.1. The highest BCUT2D eigenvalue weighted by Crippen LogP contribution is 2.20. The van der Waals surface area contributed by atoms with E-state index in [0.717, 1.165) is 17.3 Å². The first-order valence-corrected chi connectivity index (χ1v) is 6.43. The molecule has 98 valence electrons. The number of nitrogens with one attached hydrogen (secondary N) is 1. The molecule has 2 rings (SSSR count). The largest absolute Gasteiger partial charge is 0.481 e. The Morgan fingerprint density at radius 2 is 2.16 bits per heavy atom. The van der Waals surface area contributed by atoms with E-state index in [1.165, 1.54) is 6.92 Å². The highest BCUT2D eigenvalue weighted by molar-refractivity contribution is 7.99. The number of aromatic nitrogens is 3. The molecule has 0 fully saturated rings. The molecule has 0 saturated heterocycles. The molecule has 0 aliphatic rings. The maximum atomic E-state index is 11.3. The third-order valence-corrected chi connectivity index (χ3v) is 3.19. The Balaban J connectivity index is 2.20. The molecule has 2 aromatic rings. The van der Waals surface area contributed by atoms with Crippen molar-refractivity contribution < 1.29 is 14.7 Å². The smallest absolute Gasteiger partial charge is 0.313 e. The normalized spacial score (nSPS) is 10.4. The summed E-state index contributed by atoms with van der Waals surface area (Å²) < 4.78 is 0. The molecule has 0 unspecified atom stereocenters. The number of rotatable bonds is 5. The zero-order valence-corrected chi connectivity index (χ0v) is 10.9. The number of Topliss-reactive ketones (excluding diaryl/α,β-unsaturated/α-hetero) is 1. The molecule has 1 aromatic heterocycles. The fourth-order valence-corrected chi connectivity index (χ4v) is 1.98. The molecule has 19 heavy (non-hydrogen) atoms. The summed E-state index contributed by atoms with van der Waals surface area (Å²) in [6, 6.07) is 7.01. The number of hydrogen-bond donors (Lipinski definition) is 2. The minimum atomic E-state index is -0.915. The monoisotopic (exact) mass is 277 g/mol. The van der Waals surface area contributed by atoms with Crippen LogP contribution >= 0.6 is 11.8 Å². The van der Waals surface area contributed by atoms with Crippen molar-refractivity contribution in [1.82, 2.24) is 15.2 Å². The number of thioether (sulfide) groups is 1. The average molecular weight is 277 g/mol. The Morgan fingerprint density at radius 3 is 2.84 bits per heavy atom. The van der Waals surface area contributed by atoms with Crippen LogP contribution in [0.1, 0.15) is 17.3 Å². The zero-order valence-electron chi connectivity index (χ0n) is 10.1. The molecule has 2 N–H and O–H groups in total. The first kappa shape index (κ1) is 13.3. The van der Waals surface area contributed by atoms with Crippen molar-refractivity contribution in [2.75, 3.05) is 5.75 Å². The Kier molecular flexibility index (Phi) is 3.96. The lowest BCUT2D eigenvalue weighted by molar-refractivity contribution is -0.133. The number of carboxylic acid groups (broad SMARTS) is 1. The average Bonchev–Trinajstić information content (AvgIpc) is 2.85. The SMILES string of the molecule is CC(=O)c1cccc(-c2nnc(SCC(=O)O)[nH]2)c1. The van der Waals surface area contributed by atoms with Gasteiger partial charge in [0.15, 0.2) is 16.8 Å². The fraction of sp³-hybridized carbons (Fsp3) is 0.167. The number of aliphatic carboxylic acids is 1. The van der Waals surface area contributed by atoms with E-state index in [4.69, 9.17) is 5.11 Å². The minimum absolute atomic E-state index is 0.0261. The van der Waals surface area contributed by atoms with E-state index >= 15 is 0 Å². The van der Waals surface area contributed by atoms with Crippen LogP contribution in [0.2, 0.25) is 0 Å². The summed E-state index contributed by atoms with van der Waals surface area (Å²) in [5, 5.41) is 16.8. The number of carbonyl (C=O) groups is 2. The van der Waals surface area contributed by atoms with Crippen LogP contribution in [-0.4, -0.2) is 37.8 Å². The molecular weight excluding hydrogens is 266 g/mol. The molecule has 0 bridgehead atoms. The highest BCUT2D eigenvalue weighted by atomic mass is 32.2. The predicted octanol–water partition coefficient (Wildman–Crippen LogP) is 1.85. The van der Waals surface area contributed by atoms with Crippen molar-refractivity contribution in [1.29, 1.82) is 0 Å². The molecule has 1 heterocycles. The van der Waals surface area contributed by atoms with E-state index in [0.29, 0.717) is 16.5 Å². The van der Waals surface area contributed by atoms with Crippen LogP contribution in [0.3, 0.4) is 0 Å². The summed E-state index contributed by atoms with van der Waals surface area (Å²) in [4.78, 5) is 24.7. The molecule has 7 heteroatoms. The van der Waals surface area contributed by atoms with E-state index in [2.05, 4.69) is 15.2 Å². The van der Waals surface area contributed by atoms with Crippen molar-refractivity contribution in [3.05, 3.63) is 29.8 Å². The molecule has 0 radical (unpaired) electrons. The fourth-order valence-electron chi connectivity index (χ4n) is 1.46. The summed E-state index contributed by atoms with van der Waals surface area (Å²) in [5.41, 5.74) is 1.33. The van der Waals surface area contributed by atoms with Gasteiger partial charge in [0, 0.05) is 11.1 Å². The topological polar surface area (TPSA) is 95.9 Å². The van der Waals surface area contributed by atoms with E-state index in [9.17, 15) is 9.59 Å². The number of aromatic amines is 1. The summed E-state index contributed by atoms with van der Waals surface area (Å²) in [6.45, 7) is 1.49. The molecule has 0 atom stereocenters. The Morgan fingerprint density at radius 1 is 1.37 bits per heavy atom. The first-order chi connectivity index (χ1) is 9.06. The van der Waals surface area contributed by atoms with Gasteiger partial charge in [0.25, 0.3) is 0 Å². The number of H-pyrrole nitrogens is 1. The molecule has 1 aromatic carbocycles.